The van der Waals surface area contributed by atoms with E-state index in [9.17, 15) is 4.79 Å². The number of para-hydroxylation sites is 2. The zero-order chi connectivity index (χ0) is 15.1. The summed E-state index contributed by atoms with van der Waals surface area (Å²) < 4.78 is 10.9. The zero-order valence-corrected chi connectivity index (χ0v) is 12.1. The number of benzene rings is 1. The molecule has 0 bridgehead atoms. The summed E-state index contributed by atoms with van der Waals surface area (Å²) in [6, 6.07) is 10.7. The number of nitrogens with zero attached hydrogens (tertiary/aromatic N) is 1. The molecule has 0 radical (unpaired) electrons. The fraction of sp³-hybridized carbons (Fsp3) is 0.250. The van der Waals surface area contributed by atoms with Gasteiger partial charge < -0.3 is 14.8 Å². The maximum absolute atomic E-state index is 12.4. The summed E-state index contributed by atoms with van der Waals surface area (Å²) in [5.41, 5.74) is 1.02. The van der Waals surface area contributed by atoms with E-state index in [0.29, 0.717) is 36.1 Å². The standard InChI is InChI=1S/C16H18N2O3/c1-3-20-14-10-6-5-9-13(14)18-15(19)12-8-7-11-17-16(12)21-4-2/h5-11H,3-4H2,1-2H3,(H,18,19). The Balaban J connectivity index is 2.22. The molecule has 1 N–H and O–H groups in total. The van der Waals surface area contributed by atoms with Gasteiger partial charge in [-0.2, -0.15) is 0 Å². The van der Waals surface area contributed by atoms with E-state index in [1.54, 1.807) is 24.4 Å². The Morgan fingerprint density at radius 1 is 1.10 bits per heavy atom. The summed E-state index contributed by atoms with van der Waals surface area (Å²) in [7, 11) is 0. The maximum atomic E-state index is 12.4. The predicted molar refractivity (Wildman–Crippen MR) is 81.0 cm³/mol. The molecule has 0 saturated carbocycles. The van der Waals surface area contributed by atoms with Crippen LogP contribution in [0.2, 0.25) is 0 Å². The number of rotatable bonds is 6. The second-order valence-corrected chi connectivity index (χ2v) is 4.17. The van der Waals surface area contributed by atoms with E-state index >= 15 is 0 Å². The summed E-state index contributed by atoms with van der Waals surface area (Å²) in [6.45, 7) is 4.73. The first kappa shape index (κ1) is 14.8. The highest BCUT2D eigenvalue weighted by molar-refractivity contribution is 6.06. The van der Waals surface area contributed by atoms with E-state index in [2.05, 4.69) is 10.3 Å². The first-order valence-electron chi connectivity index (χ1n) is 6.87. The molecule has 0 fully saturated rings. The quantitative estimate of drug-likeness (QED) is 0.886. The molecule has 0 aliphatic rings. The van der Waals surface area contributed by atoms with Crippen LogP contribution in [0.4, 0.5) is 5.69 Å². The summed E-state index contributed by atoms with van der Waals surface area (Å²) in [4.78, 5) is 16.5. The Morgan fingerprint density at radius 2 is 1.86 bits per heavy atom. The van der Waals surface area contributed by atoms with Gasteiger partial charge in [0.25, 0.3) is 5.91 Å². The number of aromatic nitrogens is 1. The SMILES string of the molecule is CCOc1ccccc1NC(=O)c1cccnc1OCC. The maximum Gasteiger partial charge on any atom is 0.261 e. The zero-order valence-electron chi connectivity index (χ0n) is 12.1. The van der Waals surface area contributed by atoms with Crippen LogP contribution in [0.25, 0.3) is 0 Å². The number of carbonyl (C=O) groups is 1. The lowest BCUT2D eigenvalue weighted by Crippen LogP contribution is -2.15. The molecule has 2 aromatic rings. The van der Waals surface area contributed by atoms with Gasteiger partial charge in [-0.15, -0.1) is 0 Å². The van der Waals surface area contributed by atoms with E-state index in [-0.39, 0.29) is 5.91 Å². The Labute approximate surface area is 123 Å². The van der Waals surface area contributed by atoms with Crippen molar-refractivity contribution in [2.24, 2.45) is 0 Å². The number of anilines is 1. The highest BCUT2D eigenvalue weighted by atomic mass is 16.5. The average molecular weight is 286 g/mol. The van der Waals surface area contributed by atoms with Gasteiger partial charge in [-0.3, -0.25) is 4.79 Å². The Morgan fingerprint density at radius 3 is 2.62 bits per heavy atom. The topological polar surface area (TPSA) is 60.5 Å². The van der Waals surface area contributed by atoms with Crippen LogP contribution in [0.5, 0.6) is 11.6 Å². The minimum Gasteiger partial charge on any atom is -0.492 e. The molecule has 0 spiro atoms. The third-order valence-corrected chi connectivity index (χ3v) is 2.73. The van der Waals surface area contributed by atoms with Gasteiger partial charge in [0.1, 0.15) is 11.3 Å². The van der Waals surface area contributed by atoms with E-state index in [1.165, 1.54) is 0 Å². The van der Waals surface area contributed by atoms with Crippen molar-refractivity contribution in [3.05, 3.63) is 48.2 Å². The molecular weight excluding hydrogens is 268 g/mol. The number of ether oxygens (including phenoxy) is 2. The van der Waals surface area contributed by atoms with E-state index < -0.39 is 0 Å². The first-order chi connectivity index (χ1) is 10.3. The molecule has 0 aliphatic heterocycles. The predicted octanol–water partition coefficient (Wildman–Crippen LogP) is 3.13. The summed E-state index contributed by atoms with van der Waals surface area (Å²) in [5.74, 6) is 0.681. The summed E-state index contributed by atoms with van der Waals surface area (Å²) in [5, 5.41) is 2.83. The molecule has 21 heavy (non-hydrogen) atoms. The highest BCUT2D eigenvalue weighted by Gasteiger charge is 2.15. The van der Waals surface area contributed by atoms with Crippen LogP contribution in [0.15, 0.2) is 42.6 Å². The van der Waals surface area contributed by atoms with Crippen molar-refractivity contribution >= 4 is 11.6 Å². The van der Waals surface area contributed by atoms with Gasteiger partial charge in [0, 0.05) is 6.20 Å². The van der Waals surface area contributed by atoms with Crippen LogP contribution in [0, 0.1) is 0 Å². The largest absolute Gasteiger partial charge is 0.492 e. The third kappa shape index (κ3) is 3.72. The van der Waals surface area contributed by atoms with E-state index in [4.69, 9.17) is 9.47 Å². The first-order valence-corrected chi connectivity index (χ1v) is 6.87. The van der Waals surface area contributed by atoms with Crippen LogP contribution in [-0.4, -0.2) is 24.1 Å². The minimum atomic E-state index is -0.279. The van der Waals surface area contributed by atoms with Gasteiger partial charge in [0.2, 0.25) is 5.88 Å². The molecule has 0 saturated heterocycles. The van der Waals surface area contributed by atoms with Crippen LogP contribution in [0.3, 0.4) is 0 Å². The molecule has 0 unspecified atom stereocenters. The normalized spacial score (nSPS) is 10.0. The second kappa shape index (κ2) is 7.28. The second-order valence-electron chi connectivity index (χ2n) is 4.17. The molecule has 1 aromatic carbocycles. The number of carbonyl (C=O) groups excluding carboxylic acids is 1. The van der Waals surface area contributed by atoms with Crippen molar-refractivity contribution in [2.75, 3.05) is 18.5 Å². The van der Waals surface area contributed by atoms with E-state index in [0.717, 1.165) is 0 Å². The van der Waals surface area contributed by atoms with Crippen LogP contribution in [-0.2, 0) is 0 Å². The summed E-state index contributed by atoms with van der Waals surface area (Å²) >= 11 is 0. The van der Waals surface area contributed by atoms with Crippen molar-refractivity contribution in [1.82, 2.24) is 4.98 Å². The molecule has 5 heteroatoms. The van der Waals surface area contributed by atoms with Gasteiger partial charge >= 0.3 is 0 Å². The molecular formula is C16H18N2O3. The lowest BCUT2D eigenvalue weighted by molar-refractivity contribution is 0.102. The van der Waals surface area contributed by atoms with Gasteiger partial charge in [0.05, 0.1) is 18.9 Å². The van der Waals surface area contributed by atoms with Gasteiger partial charge in [0.15, 0.2) is 0 Å². The Hall–Kier alpha value is -2.56. The fourth-order valence-corrected chi connectivity index (χ4v) is 1.86. The highest BCUT2D eigenvalue weighted by Crippen LogP contribution is 2.25. The number of pyridine rings is 1. The van der Waals surface area contributed by atoms with Crippen molar-refractivity contribution in [2.45, 2.75) is 13.8 Å². The molecule has 110 valence electrons. The van der Waals surface area contributed by atoms with Crippen molar-refractivity contribution in [3.8, 4) is 11.6 Å². The van der Waals surface area contributed by atoms with Gasteiger partial charge in [-0.1, -0.05) is 12.1 Å². The Bertz CT molecular complexity index is 614. The smallest absolute Gasteiger partial charge is 0.261 e. The van der Waals surface area contributed by atoms with Gasteiger partial charge in [-0.05, 0) is 38.1 Å². The van der Waals surface area contributed by atoms with Crippen molar-refractivity contribution in [3.63, 3.8) is 0 Å². The van der Waals surface area contributed by atoms with Gasteiger partial charge in [-0.25, -0.2) is 4.98 Å². The van der Waals surface area contributed by atoms with Crippen LogP contribution in [0.1, 0.15) is 24.2 Å². The average Bonchev–Trinajstić information content (AvgIpc) is 2.50. The molecule has 1 heterocycles. The molecule has 0 atom stereocenters. The van der Waals surface area contributed by atoms with Crippen molar-refractivity contribution < 1.29 is 14.3 Å². The summed E-state index contributed by atoms with van der Waals surface area (Å²) in [6.07, 6.45) is 1.59. The van der Waals surface area contributed by atoms with Crippen LogP contribution < -0.4 is 14.8 Å². The fourth-order valence-electron chi connectivity index (χ4n) is 1.86. The minimum absolute atomic E-state index is 0.279. The number of hydrogen-bond donors (Lipinski definition) is 1. The lowest BCUT2D eigenvalue weighted by Gasteiger charge is -2.12. The van der Waals surface area contributed by atoms with Crippen molar-refractivity contribution in [1.29, 1.82) is 0 Å². The number of hydrogen-bond acceptors (Lipinski definition) is 4. The third-order valence-electron chi connectivity index (χ3n) is 2.73. The molecule has 5 nitrogen and oxygen atoms in total. The Kier molecular flexibility index (Phi) is 5.15. The molecule has 2 rings (SSSR count). The number of amides is 1. The number of nitrogens with one attached hydrogen (secondary N) is 1. The lowest BCUT2D eigenvalue weighted by atomic mass is 10.2. The molecule has 0 aliphatic carbocycles. The van der Waals surface area contributed by atoms with Crippen LogP contribution >= 0.6 is 0 Å². The molecule has 1 amide bonds. The van der Waals surface area contributed by atoms with E-state index in [1.807, 2.05) is 32.0 Å². The monoisotopic (exact) mass is 286 g/mol. The molecule has 1 aromatic heterocycles.